The molecule has 0 aliphatic carbocycles. The normalized spacial score (nSPS) is 21.2. The van der Waals surface area contributed by atoms with Crippen LogP contribution in [-0.4, -0.2) is 24.1 Å². The molecule has 1 rings (SSSR count). The van der Waals surface area contributed by atoms with Gasteiger partial charge >= 0.3 is 0 Å². The summed E-state index contributed by atoms with van der Waals surface area (Å²) >= 11 is 2.16. The molecule has 12 heavy (non-hydrogen) atoms. The highest BCUT2D eigenvalue weighted by Crippen LogP contribution is 2.27. The molecule has 1 aliphatic rings. The van der Waals surface area contributed by atoms with E-state index in [2.05, 4.69) is 37.8 Å². The van der Waals surface area contributed by atoms with E-state index in [1.165, 1.54) is 31.7 Å². The standard InChI is InChI=1S/C10H21NS/c1-10(2,3)8-12-9-4-6-11-7-5-9/h9,11H,4-8H2,1-3H3. The van der Waals surface area contributed by atoms with Gasteiger partial charge in [0, 0.05) is 5.25 Å². The van der Waals surface area contributed by atoms with Crippen LogP contribution in [0.4, 0.5) is 0 Å². The van der Waals surface area contributed by atoms with E-state index in [-0.39, 0.29) is 0 Å². The fraction of sp³-hybridized carbons (Fsp3) is 1.00. The van der Waals surface area contributed by atoms with Crippen molar-refractivity contribution in [3.8, 4) is 0 Å². The highest BCUT2D eigenvalue weighted by Gasteiger charge is 2.17. The summed E-state index contributed by atoms with van der Waals surface area (Å²) in [4.78, 5) is 0. The second-order valence-corrected chi connectivity index (χ2v) is 6.11. The number of rotatable bonds is 2. The lowest BCUT2D eigenvalue weighted by Gasteiger charge is -2.26. The Morgan fingerprint density at radius 2 is 1.83 bits per heavy atom. The van der Waals surface area contributed by atoms with Crippen LogP contribution in [0.2, 0.25) is 0 Å². The van der Waals surface area contributed by atoms with Crippen LogP contribution in [0.3, 0.4) is 0 Å². The van der Waals surface area contributed by atoms with E-state index in [0.717, 1.165) is 5.25 Å². The minimum atomic E-state index is 0.496. The Kier molecular flexibility index (Phi) is 3.91. The van der Waals surface area contributed by atoms with Gasteiger partial charge in [-0.15, -0.1) is 0 Å². The van der Waals surface area contributed by atoms with Gasteiger partial charge in [0.1, 0.15) is 0 Å². The van der Waals surface area contributed by atoms with E-state index in [0.29, 0.717) is 5.41 Å². The summed E-state index contributed by atoms with van der Waals surface area (Å²) in [5.74, 6) is 1.30. The highest BCUT2D eigenvalue weighted by atomic mass is 32.2. The molecular weight excluding hydrogens is 166 g/mol. The summed E-state index contributed by atoms with van der Waals surface area (Å²) in [7, 11) is 0. The molecule has 1 aliphatic heterocycles. The molecule has 1 N–H and O–H groups in total. The molecule has 1 heterocycles. The molecule has 2 heteroatoms. The average Bonchev–Trinajstić information content (AvgIpc) is 2.02. The Labute approximate surface area is 80.7 Å². The lowest BCUT2D eigenvalue weighted by atomic mass is 10.0. The summed E-state index contributed by atoms with van der Waals surface area (Å²) < 4.78 is 0. The van der Waals surface area contributed by atoms with Crippen LogP contribution in [0.25, 0.3) is 0 Å². The predicted octanol–water partition coefficient (Wildman–Crippen LogP) is 2.52. The monoisotopic (exact) mass is 187 g/mol. The van der Waals surface area contributed by atoms with Gasteiger partial charge < -0.3 is 5.32 Å². The molecule has 0 aromatic rings. The Bertz CT molecular complexity index is 122. The fourth-order valence-corrected chi connectivity index (χ4v) is 2.63. The van der Waals surface area contributed by atoms with E-state index >= 15 is 0 Å². The van der Waals surface area contributed by atoms with Crippen molar-refractivity contribution in [1.82, 2.24) is 5.32 Å². The van der Waals surface area contributed by atoms with Crippen LogP contribution < -0.4 is 5.32 Å². The maximum atomic E-state index is 3.40. The van der Waals surface area contributed by atoms with Crippen LogP contribution >= 0.6 is 11.8 Å². The third-order valence-electron chi connectivity index (χ3n) is 2.04. The zero-order valence-corrected chi connectivity index (χ0v) is 9.34. The van der Waals surface area contributed by atoms with E-state index in [4.69, 9.17) is 0 Å². The Morgan fingerprint density at radius 1 is 1.25 bits per heavy atom. The third-order valence-corrected chi connectivity index (χ3v) is 4.01. The van der Waals surface area contributed by atoms with Crippen molar-refractivity contribution >= 4 is 11.8 Å². The smallest absolute Gasteiger partial charge is 0.00713 e. The van der Waals surface area contributed by atoms with Crippen molar-refractivity contribution in [1.29, 1.82) is 0 Å². The zero-order valence-electron chi connectivity index (χ0n) is 8.52. The number of hydrogen-bond donors (Lipinski definition) is 1. The van der Waals surface area contributed by atoms with Gasteiger partial charge in [0.15, 0.2) is 0 Å². The van der Waals surface area contributed by atoms with Gasteiger partial charge in [-0.25, -0.2) is 0 Å². The molecule has 0 bridgehead atoms. The van der Waals surface area contributed by atoms with Gasteiger partial charge in [0.2, 0.25) is 0 Å². The molecule has 1 fully saturated rings. The molecule has 72 valence electrons. The van der Waals surface area contributed by atoms with Crippen molar-refractivity contribution in [3.05, 3.63) is 0 Å². The molecule has 0 unspecified atom stereocenters. The molecular formula is C10H21NS. The second kappa shape index (κ2) is 4.52. The number of piperidine rings is 1. The van der Waals surface area contributed by atoms with Crippen LogP contribution in [0.5, 0.6) is 0 Å². The first-order valence-electron chi connectivity index (χ1n) is 4.90. The molecule has 1 saturated heterocycles. The third kappa shape index (κ3) is 4.36. The van der Waals surface area contributed by atoms with Crippen molar-refractivity contribution in [2.75, 3.05) is 18.8 Å². The minimum Gasteiger partial charge on any atom is -0.317 e. The van der Waals surface area contributed by atoms with E-state index in [1.54, 1.807) is 0 Å². The van der Waals surface area contributed by atoms with Crippen LogP contribution in [0.15, 0.2) is 0 Å². The maximum Gasteiger partial charge on any atom is 0.00713 e. The van der Waals surface area contributed by atoms with Crippen LogP contribution in [0.1, 0.15) is 33.6 Å². The van der Waals surface area contributed by atoms with Crippen LogP contribution in [0, 0.1) is 5.41 Å². The first-order valence-corrected chi connectivity index (χ1v) is 5.95. The molecule has 0 spiro atoms. The largest absolute Gasteiger partial charge is 0.317 e. The van der Waals surface area contributed by atoms with Gasteiger partial charge in [-0.3, -0.25) is 0 Å². The fourth-order valence-electron chi connectivity index (χ4n) is 1.33. The molecule has 0 radical (unpaired) electrons. The summed E-state index contributed by atoms with van der Waals surface area (Å²) in [5, 5.41) is 4.32. The lowest BCUT2D eigenvalue weighted by molar-refractivity contribution is 0.475. The number of nitrogens with one attached hydrogen (secondary N) is 1. The van der Waals surface area contributed by atoms with E-state index < -0.39 is 0 Å². The quantitative estimate of drug-likeness (QED) is 0.713. The van der Waals surface area contributed by atoms with Gasteiger partial charge in [0.05, 0.1) is 0 Å². The summed E-state index contributed by atoms with van der Waals surface area (Å²) in [6, 6.07) is 0. The molecule has 0 amide bonds. The average molecular weight is 187 g/mol. The van der Waals surface area contributed by atoms with Gasteiger partial charge in [-0.2, -0.15) is 11.8 Å². The summed E-state index contributed by atoms with van der Waals surface area (Å²) in [6.45, 7) is 9.41. The summed E-state index contributed by atoms with van der Waals surface area (Å²) in [6.07, 6.45) is 2.72. The first kappa shape index (κ1) is 10.4. The van der Waals surface area contributed by atoms with Gasteiger partial charge in [0.25, 0.3) is 0 Å². The van der Waals surface area contributed by atoms with Crippen molar-refractivity contribution in [3.63, 3.8) is 0 Å². The predicted molar refractivity (Wildman–Crippen MR) is 57.8 cm³/mol. The first-order chi connectivity index (χ1) is 5.58. The number of thioether (sulfide) groups is 1. The topological polar surface area (TPSA) is 12.0 Å². The molecule has 0 saturated carbocycles. The molecule has 1 nitrogen and oxygen atoms in total. The minimum absolute atomic E-state index is 0.496. The Hall–Kier alpha value is 0.310. The molecule has 0 aromatic heterocycles. The zero-order chi connectivity index (χ0) is 9.03. The Morgan fingerprint density at radius 3 is 2.33 bits per heavy atom. The van der Waals surface area contributed by atoms with E-state index in [9.17, 15) is 0 Å². The SMILES string of the molecule is CC(C)(C)CSC1CCNCC1. The second-order valence-electron chi connectivity index (χ2n) is 4.82. The molecule has 0 atom stereocenters. The Balaban J connectivity index is 2.13. The lowest BCUT2D eigenvalue weighted by Crippen LogP contribution is -2.30. The maximum absolute atomic E-state index is 3.40. The molecule has 0 aromatic carbocycles. The summed E-state index contributed by atoms with van der Waals surface area (Å²) in [5.41, 5.74) is 0.496. The highest BCUT2D eigenvalue weighted by molar-refractivity contribution is 7.99. The van der Waals surface area contributed by atoms with Crippen molar-refractivity contribution in [2.45, 2.75) is 38.9 Å². The van der Waals surface area contributed by atoms with Crippen molar-refractivity contribution < 1.29 is 0 Å². The van der Waals surface area contributed by atoms with Gasteiger partial charge in [-0.05, 0) is 37.1 Å². The number of hydrogen-bond acceptors (Lipinski definition) is 2. The van der Waals surface area contributed by atoms with E-state index in [1.807, 2.05) is 0 Å². The van der Waals surface area contributed by atoms with Crippen molar-refractivity contribution in [2.24, 2.45) is 5.41 Å². The van der Waals surface area contributed by atoms with Crippen LogP contribution in [-0.2, 0) is 0 Å². The van der Waals surface area contributed by atoms with Gasteiger partial charge in [-0.1, -0.05) is 20.8 Å².